The highest BCUT2D eigenvalue weighted by molar-refractivity contribution is 7.49. The zero-order valence-electron chi connectivity index (χ0n) is 16.4. The van der Waals surface area contributed by atoms with Gasteiger partial charge >= 0.3 is 7.82 Å². The van der Waals surface area contributed by atoms with Gasteiger partial charge in [0.05, 0.1) is 0 Å². The van der Waals surface area contributed by atoms with Crippen LogP contribution < -0.4 is 9.05 Å². The summed E-state index contributed by atoms with van der Waals surface area (Å²) >= 11 is 0. The van der Waals surface area contributed by atoms with Gasteiger partial charge < -0.3 is 9.05 Å². The van der Waals surface area contributed by atoms with E-state index in [-0.39, 0.29) is 12.4 Å². The molecule has 0 radical (unpaired) electrons. The first-order valence-corrected chi connectivity index (χ1v) is 11.3. The molecule has 0 spiro atoms. The molecule has 0 aromatic heterocycles. The van der Waals surface area contributed by atoms with Crippen LogP contribution in [-0.4, -0.2) is 12.4 Å². The Kier molecular flexibility index (Phi) is 9.81. The van der Waals surface area contributed by atoms with Crippen molar-refractivity contribution < 1.29 is 22.9 Å². The Hall–Kier alpha value is -2.10. The number of para-hydroxylation sites is 2. The Morgan fingerprint density at radius 1 is 0.786 bits per heavy atom. The molecule has 2 aromatic rings. The fraction of sp³-hybridized carbons (Fsp3) is 0.409. The standard InChI is InChI=1S/C22H29O5P/c1-2-3-4-5-6-9-14-20(23)19-25-28(24,26-21-15-10-7-11-16-21)27-22-17-12-8-13-18-22/h7-8,10-13,15-18H,2-6,9,14,19H2,1H3. The molecular formula is C22H29O5P. The minimum absolute atomic E-state index is 0.107. The number of carbonyl (C=O) groups is 1. The third kappa shape index (κ3) is 8.73. The molecule has 0 fully saturated rings. The average molecular weight is 404 g/mol. The van der Waals surface area contributed by atoms with Crippen molar-refractivity contribution in [1.82, 2.24) is 0 Å². The van der Waals surface area contributed by atoms with Crippen LogP contribution in [0.4, 0.5) is 0 Å². The van der Waals surface area contributed by atoms with Gasteiger partial charge in [-0.1, -0.05) is 75.4 Å². The second kappa shape index (κ2) is 12.4. The summed E-state index contributed by atoms with van der Waals surface area (Å²) in [5.41, 5.74) is 0. The quantitative estimate of drug-likeness (QED) is 0.263. The third-order valence-corrected chi connectivity index (χ3v) is 5.43. The molecular weight excluding hydrogens is 375 g/mol. The number of phosphoric ester groups is 1. The van der Waals surface area contributed by atoms with E-state index < -0.39 is 7.82 Å². The van der Waals surface area contributed by atoms with Crippen LogP contribution in [0.1, 0.15) is 51.9 Å². The molecule has 0 atom stereocenters. The number of hydrogen-bond acceptors (Lipinski definition) is 5. The summed E-state index contributed by atoms with van der Waals surface area (Å²) in [6, 6.07) is 17.3. The van der Waals surface area contributed by atoms with Crippen molar-refractivity contribution in [3.8, 4) is 11.5 Å². The first-order chi connectivity index (χ1) is 13.6. The van der Waals surface area contributed by atoms with Crippen LogP contribution in [-0.2, 0) is 13.9 Å². The van der Waals surface area contributed by atoms with E-state index in [0.717, 1.165) is 19.3 Å². The van der Waals surface area contributed by atoms with E-state index in [1.54, 1.807) is 48.5 Å². The maximum absolute atomic E-state index is 13.1. The van der Waals surface area contributed by atoms with Gasteiger partial charge in [0.25, 0.3) is 0 Å². The number of unbranched alkanes of at least 4 members (excludes halogenated alkanes) is 5. The molecule has 0 aliphatic rings. The average Bonchev–Trinajstić information content (AvgIpc) is 2.70. The maximum Gasteiger partial charge on any atom is 0.587 e. The number of hydrogen-bond donors (Lipinski definition) is 0. The van der Waals surface area contributed by atoms with Gasteiger partial charge in [0.2, 0.25) is 0 Å². The first kappa shape index (κ1) is 22.2. The van der Waals surface area contributed by atoms with Gasteiger partial charge in [-0.15, -0.1) is 0 Å². The molecule has 0 heterocycles. The lowest BCUT2D eigenvalue weighted by atomic mass is 10.1. The number of phosphoric acid groups is 1. The van der Waals surface area contributed by atoms with Crippen LogP contribution >= 0.6 is 7.82 Å². The van der Waals surface area contributed by atoms with Crippen LogP contribution in [0.15, 0.2) is 60.7 Å². The van der Waals surface area contributed by atoms with Crippen molar-refractivity contribution in [2.24, 2.45) is 0 Å². The highest BCUT2D eigenvalue weighted by Gasteiger charge is 2.31. The topological polar surface area (TPSA) is 61.8 Å². The Balaban J connectivity index is 1.88. The monoisotopic (exact) mass is 404 g/mol. The zero-order chi connectivity index (χ0) is 20.1. The summed E-state index contributed by atoms with van der Waals surface area (Å²) in [7, 11) is -3.99. The van der Waals surface area contributed by atoms with E-state index in [0.29, 0.717) is 17.9 Å². The lowest BCUT2D eigenvalue weighted by Gasteiger charge is -2.18. The number of Topliss-reactive ketones (excluding diaryl/α,β-unsaturated/α-hetero) is 1. The van der Waals surface area contributed by atoms with E-state index in [1.165, 1.54) is 19.3 Å². The smallest absolute Gasteiger partial charge is 0.395 e. The molecule has 0 N–H and O–H groups in total. The Morgan fingerprint density at radius 2 is 1.29 bits per heavy atom. The molecule has 0 saturated heterocycles. The summed E-state index contributed by atoms with van der Waals surface area (Å²) in [5, 5.41) is 0. The van der Waals surface area contributed by atoms with Crippen LogP contribution in [0.3, 0.4) is 0 Å². The predicted octanol–water partition coefficient (Wildman–Crippen LogP) is 6.59. The molecule has 2 aromatic carbocycles. The molecule has 0 unspecified atom stereocenters. The fourth-order valence-corrected chi connectivity index (χ4v) is 3.82. The van der Waals surface area contributed by atoms with E-state index in [1.807, 2.05) is 12.1 Å². The molecule has 152 valence electrons. The molecule has 28 heavy (non-hydrogen) atoms. The summed E-state index contributed by atoms with van der Waals surface area (Å²) in [4.78, 5) is 12.1. The fourth-order valence-electron chi connectivity index (χ4n) is 2.62. The molecule has 6 heteroatoms. The van der Waals surface area contributed by atoms with Crippen molar-refractivity contribution in [3.05, 3.63) is 60.7 Å². The van der Waals surface area contributed by atoms with E-state index in [2.05, 4.69) is 6.92 Å². The molecule has 0 bridgehead atoms. The summed E-state index contributed by atoms with van der Waals surface area (Å²) < 4.78 is 29.4. The molecule has 0 saturated carbocycles. The second-order valence-electron chi connectivity index (χ2n) is 6.59. The summed E-state index contributed by atoms with van der Waals surface area (Å²) in [6.45, 7) is 1.88. The Labute approximate surface area is 167 Å². The second-order valence-corrected chi connectivity index (χ2v) is 8.10. The van der Waals surface area contributed by atoms with Gasteiger partial charge in [0, 0.05) is 6.42 Å². The molecule has 0 aliphatic heterocycles. The third-order valence-electron chi connectivity index (χ3n) is 4.11. The van der Waals surface area contributed by atoms with E-state index in [9.17, 15) is 9.36 Å². The van der Waals surface area contributed by atoms with E-state index in [4.69, 9.17) is 13.6 Å². The minimum atomic E-state index is -3.99. The number of carbonyl (C=O) groups excluding carboxylic acids is 1. The van der Waals surface area contributed by atoms with Crippen molar-refractivity contribution in [3.63, 3.8) is 0 Å². The highest BCUT2D eigenvalue weighted by atomic mass is 31.2. The number of ketones is 1. The van der Waals surface area contributed by atoms with Crippen molar-refractivity contribution in [1.29, 1.82) is 0 Å². The lowest BCUT2D eigenvalue weighted by Crippen LogP contribution is -2.12. The molecule has 2 rings (SSSR count). The largest absolute Gasteiger partial charge is 0.587 e. The van der Waals surface area contributed by atoms with Crippen LogP contribution in [0.5, 0.6) is 11.5 Å². The Bertz CT molecular complexity index is 688. The number of rotatable bonds is 14. The zero-order valence-corrected chi connectivity index (χ0v) is 17.3. The minimum Gasteiger partial charge on any atom is -0.395 e. The van der Waals surface area contributed by atoms with Gasteiger partial charge in [-0.25, -0.2) is 4.57 Å². The van der Waals surface area contributed by atoms with E-state index >= 15 is 0 Å². The predicted molar refractivity (Wildman–Crippen MR) is 111 cm³/mol. The number of benzene rings is 2. The van der Waals surface area contributed by atoms with Crippen LogP contribution in [0, 0.1) is 0 Å². The van der Waals surface area contributed by atoms with Crippen LogP contribution in [0.2, 0.25) is 0 Å². The SMILES string of the molecule is CCCCCCCCC(=O)COP(=O)(Oc1ccccc1)Oc1ccccc1. The highest BCUT2D eigenvalue weighted by Crippen LogP contribution is 2.49. The molecule has 0 aliphatic carbocycles. The van der Waals surface area contributed by atoms with Gasteiger partial charge in [-0.05, 0) is 30.7 Å². The molecule has 5 nitrogen and oxygen atoms in total. The Morgan fingerprint density at radius 3 is 1.82 bits per heavy atom. The summed E-state index contributed by atoms with van der Waals surface area (Å²) in [6.07, 6.45) is 7.00. The normalized spacial score (nSPS) is 11.2. The molecule has 0 amide bonds. The maximum atomic E-state index is 13.1. The first-order valence-electron chi connectivity index (χ1n) is 9.87. The van der Waals surface area contributed by atoms with Gasteiger partial charge in [-0.2, -0.15) is 0 Å². The van der Waals surface area contributed by atoms with Crippen molar-refractivity contribution in [2.75, 3.05) is 6.61 Å². The van der Waals surface area contributed by atoms with Crippen molar-refractivity contribution in [2.45, 2.75) is 51.9 Å². The van der Waals surface area contributed by atoms with Crippen molar-refractivity contribution >= 4 is 13.6 Å². The van der Waals surface area contributed by atoms with Gasteiger partial charge in [0.15, 0.2) is 5.78 Å². The van der Waals surface area contributed by atoms with Gasteiger partial charge in [0.1, 0.15) is 18.1 Å². The lowest BCUT2D eigenvalue weighted by molar-refractivity contribution is -0.121. The van der Waals surface area contributed by atoms with Gasteiger partial charge in [-0.3, -0.25) is 9.32 Å². The summed E-state index contributed by atoms with van der Waals surface area (Å²) in [5.74, 6) is 0.597. The van der Waals surface area contributed by atoms with Crippen LogP contribution in [0.25, 0.3) is 0 Å².